The van der Waals surface area contributed by atoms with Crippen LogP contribution in [0.2, 0.25) is 0 Å². The fourth-order valence-electron chi connectivity index (χ4n) is 4.17. The van der Waals surface area contributed by atoms with Crippen LogP contribution < -0.4 is 10.6 Å². The fraction of sp³-hybridized carbons (Fsp3) is 0.400. The summed E-state index contributed by atoms with van der Waals surface area (Å²) in [5.41, 5.74) is 2.70. The zero-order chi connectivity index (χ0) is 24.9. The Morgan fingerprint density at radius 3 is 1.94 bits per heavy atom. The quantitative estimate of drug-likeness (QED) is 0.480. The Morgan fingerprint density at radius 2 is 1.44 bits per heavy atom. The molecule has 1 aliphatic rings. The molecule has 2 aromatic rings. The molecule has 182 valence electrons. The second kappa shape index (κ2) is 10.2. The number of rotatable bonds is 10. The van der Waals surface area contributed by atoms with Crippen LogP contribution in [0, 0.1) is 5.41 Å². The molecule has 0 atom stereocenters. The van der Waals surface area contributed by atoms with Crippen molar-refractivity contribution < 1.29 is 33.0 Å². The lowest BCUT2D eigenvalue weighted by atomic mass is 9.82. The van der Waals surface area contributed by atoms with E-state index in [1.165, 1.54) is 0 Å². The number of hydrogen-bond donors (Lipinski definition) is 3. The first kappa shape index (κ1) is 25.1. The number of amides is 2. The van der Waals surface area contributed by atoms with Gasteiger partial charge >= 0.3 is 18.0 Å². The molecule has 0 unspecified atom stereocenters. The summed E-state index contributed by atoms with van der Waals surface area (Å²) in [4.78, 5) is 35.6. The zero-order valence-electron chi connectivity index (χ0n) is 19.1. The van der Waals surface area contributed by atoms with Crippen molar-refractivity contribution in [1.82, 2.24) is 10.6 Å². The number of aliphatic carboxylic acids is 1. The molecule has 3 N–H and O–H groups in total. The van der Waals surface area contributed by atoms with E-state index in [1.54, 1.807) is 13.8 Å². The molecule has 1 aliphatic carbocycles. The van der Waals surface area contributed by atoms with E-state index in [1.807, 2.05) is 59.2 Å². The number of alkyl carbamates (subject to hydrolysis) is 1. The van der Waals surface area contributed by atoms with Crippen LogP contribution in [-0.4, -0.2) is 48.7 Å². The van der Waals surface area contributed by atoms with Gasteiger partial charge in [-0.2, -0.15) is 8.78 Å². The fourth-order valence-corrected chi connectivity index (χ4v) is 4.17. The first-order chi connectivity index (χ1) is 16.1. The Kier molecular flexibility index (Phi) is 7.54. The molecule has 0 saturated heterocycles. The molecule has 7 nitrogen and oxygen atoms in total. The standard InChI is InChI=1S/C25H28F2N2O5/c1-3-24(4-2,22(31)32)14-28-21(30)25(26,27)15-29-23(33)34-13-20-18-11-7-5-9-16(18)17-10-6-8-12-19(17)20/h5-12,20H,3-4,13-15H2,1-2H3,(H,28,30)(H,29,33)(H,31,32). The third-order valence-corrected chi connectivity index (χ3v) is 6.53. The van der Waals surface area contributed by atoms with E-state index in [9.17, 15) is 28.3 Å². The second-order valence-electron chi connectivity index (χ2n) is 8.36. The maximum absolute atomic E-state index is 14.3. The monoisotopic (exact) mass is 474 g/mol. The average Bonchev–Trinajstić information content (AvgIpc) is 3.16. The minimum Gasteiger partial charge on any atom is -0.481 e. The second-order valence-corrected chi connectivity index (χ2v) is 8.36. The van der Waals surface area contributed by atoms with Gasteiger partial charge in [0, 0.05) is 12.5 Å². The number of alkyl halides is 2. The van der Waals surface area contributed by atoms with Gasteiger partial charge in [0.25, 0.3) is 5.91 Å². The van der Waals surface area contributed by atoms with E-state index in [0.717, 1.165) is 22.3 Å². The van der Waals surface area contributed by atoms with Gasteiger partial charge < -0.3 is 20.5 Å². The van der Waals surface area contributed by atoms with Crippen LogP contribution in [0.15, 0.2) is 48.5 Å². The van der Waals surface area contributed by atoms with Gasteiger partial charge in [0.05, 0.1) is 12.0 Å². The maximum atomic E-state index is 14.3. The molecule has 3 rings (SSSR count). The minimum atomic E-state index is -3.93. The molecule has 0 aromatic heterocycles. The van der Waals surface area contributed by atoms with Crippen LogP contribution in [-0.2, 0) is 14.3 Å². The summed E-state index contributed by atoms with van der Waals surface area (Å²) in [7, 11) is 0. The lowest BCUT2D eigenvalue weighted by Gasteiger charge is -2.28. The zero-order valence-corrected chi connectivity index (χ0v) is 19.1. The summed E-state index contributed by atoms with van der Waals surface area (Å²) in [5, 5.41) is 13.3. The molecule has 0 heterocycles. The van der Waals surface area contributed by atoms with E-state index in [4.69, 9.17) is 4.74 Å². The van der Waals surface area contributed by atoms with Crippen LogP contribution in [0.4, 0.5) is 13.6 Å². The van der Waals surface area contributed by atoms with Crippen LogP contribution in [0.1, 0.15) is 43.7 Å². The highest BCUT2D eigenvalue weighted by Gasteiger charge is 2.42. The number of carbonyl (C=O) groups is 3. The summed E-state index contributed by atoms with van der Waals surface area (Å²) < 4.78 is 33.7. The van der Waals surface area contributed by atoms with E-state index < -0.39 is 42.4 Å². The van der Waals surface area contributed by atoms with Gasteiger partial charge in [-0.1, -0.05) is 62.4 Å². The van der Waals surface area contributed by atoms with E-state index in [0.29, 0.717) is 0 Å². The summed E-state index contributed by atoms with van der Waals surface area (Å²) in [6.45, 7) is 1.47. The van der Waals surface area contributed by atoms with Gasteiger partial charge in [-0.05, 0) is 35.1 Å². The lowest BCUT2D eigenvalue weighted by Crippen LogP contribution is -2.51. The Balaban J connectivity index is 1.55. The lowest BCUT2D eigenvalue weighted by molar-refractivity contribution is -0.151. The Hall–Kier alpha value is -3.49. The first-order valence-electron chi connectivity index (χ1n) is 11.1. The molecular formula is C25H28F2N2O5. The molecule has 34 heavy (non-hydrogen) atoms. The smallest absolute Gasteiger partial charge is 0.407 e. The molecule has 2 aromatic carbocycles. The Labute approximate surface area is 196 Å². The SMILES string of the molecule is CCC(CC)(CNC(=O)C(F)(F)CNC(=O)OCC1c2ccccc2-c2ccccc21)C(=O)O. The molecule has 0 radical (unpaired) electrons. The maximum Gasteiger partial charge on any atom is 0.407 e. The van der Waals surface area contributed by atoms with Gasteiger partial charge in [0.1, 0.15) is 6.61 Å². The number of nitrogens with one attached hydrogen (secondary N) is 2. The molecule has 2 amide bonds. The van der Waals surface area contributed by atoms with E-state index in [2.05, 4.69) is 0 Å². The predicted molar refractivity (Wildman–Crippen MR) is 122 cm³/mol. The van der Waals surface area contributed by atoms with Gasteiger partial charge in [0.2, 0.25) is 0 Å². The van der Waals surface area contributed by atoms with Gasteiger partial charge in [0.15, 0.2) is 0 Å². The number of halogens is 2. The van der Waals surface area contributed by atoms with Crippen molar-refractivity contribution in [2.45, 2.75) is 38.5 Å². The molecule has 0 fully saturated rings. The summed E-state index contributed by atoms with van der Waals surface area (Å²) in [6.07, 6.45) is -0.734. The number of carboxylic acid groups (broad SMARTS) is 1. The highest BCUT2D eigenvalue weighted by atomic mass is 19.3. The van der Waals surface area contributed by atoms with Crippen molar-refractivity contribution in [2.75, 3.05) is 19.7 Å². The Morgan fingerprint density at radius 1 is 0.912 bits per heavy atom. The summed E-state index contributed by atoms with van der Waals surface area (Å²) in [6, 6.07) is 15.4. The van der Waals surface area contributed by atoms with Crippen LogP contribution in [0.5, 0.6) is 0 Å². The highest BCUT2D eigenvalue weighted by Crippen LogP contribution is 2.44. The molecule has 0 spiro atoms. The van der Waals surface area contributed by atoms with Crippen molar-refractivity contribution in [2.24, 2.45) is 5.41 Å². The Bertz CT molecular complexity index is 1020. The van der Waals surface area contributed by atoms with E-state index in [-0.39, 0.29) is 25.4 Å². The number of ether oxygens (including phenoxy) is 1. The number of carbonyl (C=O) groups excluding carboxylic acids is 2. The van der Waals surface area contributed by atoms with Crippen molar-refractivity contribution in [3.63, 3.8) is 0 Å². The molecular weight excluding hydrogens is 446 g/mol. The number of benzene rings is 2. The van der Waals surface area contributed by atoms with Crippen LogP contribution in [0.25, 0.3) is 11.1 Å². The summed E-state index contributed by atoms with van der Waals surface area (Å²) in [5.74, 6) is -6.98. The molecule has 0 bridgehead atoms. The summed E-state index contributed by atoms with van der Waals surface area (Å²) >= 11 is 0. The van der Waals surface area contributed by atoms with Crippen molar-refractivity contribution in [3.8, 4) is 11.1 Å². The highest BCUT2D eigenvalue weighted by molar-refractivity contribution is 5.85. The third kappa shape index (κ3) is 5.03. The average molecular weight is 475 g/mol. The van der Waals surface area contributed by atoms with Crippen molar-refractivity contribution >= 4 is 18.0 Å². The van der Waals surface area contributed by atoms with Crippen molar-refractivity contribution in [3.05, 3.63) is 59.7 Å². The molecule has 0 saturated carbocycles. The minimum absolute atomic E-state index is 0.0498. The molecule has 9 heteroatoms. The number of fused-ring (bicyclic) bond motifs is 3. The van der Waals surface area contributed by atoms with Gasteiger partial charge in [-0.3, -0.25) is 9.59 Å². The van der Waals surface area contributed by atoms with Crippen LogP contribution in [0.3, 0.4) is 0 Å². The topological polar surface area (TPSA) is 105 Å². The largest absolute Gasteiger partial charge is 0.481 e. The number of carboxylic acids is 1. The van der Waals surface area contributed by atoms with Crippen LogP contribution >= 0.6 is 0 Å². The third-order valence-electron chi connectivity index (χ3n) is 6.53. The molecule has 0 aliphatic heterocycles. The normalized spacial score (nSPS) is 13.1. The van der Waals surface area contributed by atoms with E-state index >= 15 is 0 Å². The number of hydrogen-bond acceptors (Lipinski definition) is 4. The van der Waals surface area contributed by atoms with Gasteiger partial charge in [-0.15, -0.1) is 0 Å². The van der Waals surface area contributed by atoms with Crippen molar-refractivity contribution in [1.29, 1.82) is 0 Å². The van der Waals surface area contributed by atoms with Gasteiger partial charge in [-0.25, -0.2) is 4.79 Å². The predicted octanol–water partition coefficient (Wildman–Crippen LogP) is 4.17. The first-order valence-corrected chi connectivity index (χ1v) is 11.1.